The number of rotatable bonds is 5. The van der Waals surface area contributed by atoms with E-state index in [0.29, 0.717) is 5.56 Å². The number of carboxylic acid groups (broad SMARTS) is 1. The summed E-state index contributed by atoms with van der Waals surface area (Å²) in [7, 11) is 0. The van der Waals surface area contributed by atoms with Gasteiger partial charge in [-0.15, -0.1) is 0 Å². The first-order valence-corrected chi connectivity index (χ1v) is 6.48. The number of hydrogen-bond acceptors (Lipinski definition) is 2. The average Bonchev–Trinajstić information content (AvgIpc) is 2.46. The quantitative estimate of drug-likeness (QED) is 0.846. The topological polar surface area (TPSA) is 54.4 Å². The largest absolute Gasteiger partial charge is 0.478 e. The Labute approximate surface area is 117 Å². The highest BCUT2D eigenvalue weighted by atomic mass is 16.4. The van der Waals surface area contributed by atoms with Crippen LogP contribution in [0.5, 0.6) is 0 Å². The number of hydrogen-bond donors (Lipinski definition) is 1. The lowest BCUT2D eigenvalue weighted by Crippen LogP contribution is -1.97. The zero-order valence-corrected chi connectivity index (χ0v) is 11.3. The predicted octanol–water partition coefficient (Wildman–Crippen LogP) is 3.37. The Morgan fingerprint density at radius 1 is 0.800 bits per heavy atom. The number of carbonyl (C=O) groups excluding carboxylic acids is 1. The second-order valence-electron chi connectivity index (χ2n) is 4.76. The van der Waals surface area contributed by atoms with E-state index in [4.69, 9.17) is 5.11 Å². The van der Waals surface area contributed by atoms with Crippen LogP contribution in [0.4, 0.5) is 0 Å². The van der Waals surface area contributed by atoms with Crippen molar-refractivity contribution in [1.82, 2.24) is 0 Å². The third kappa shape index (κ3) is 3.54. The fourth-order valence-corrected chi connectivity index (χ4v) is 2.01. The van der Waals surface area contributed by atoms with Crippen molar-refractivity contribution in [1.29, 1.82) is 0 Å². The molecule has 0 aromatic heterocycles. The fraction of sp³-hybridized carbons (Fsp3) is 0.176. The molecule has 0 fully saturated rings. The molecule has 0 spiro atoms. The number of carboxylic acids is 1. The molecule has 0 heterocycles. The number of carbonyl (C=O) groups is 2. The van der Waals surface area contributed by atoms with E-state index in [2.05, 4.69) is 0 Å². The number of aromatic carboxylic acids is 1. The van der Waals surface area contributed by atoms with Crippen molar-refractivity contribution in [2.75, 3.05) is 0 Å². The molecule has 2 aromatic carbocycles. The molecule has 0 saturated heterocycles. The van der Waals surface area contributed by atoms with Crippen molar-refractivity contribution in [3.63, 3.8) is 0 Å². The Kier molecular flexibility index (Phi) is 4.31. The molecule has 0 radical (unpaired) electrons. The van der Waals surface area contributed by atoms with E-state index in [1.165, 1.54) is 0 Å². The van der Waals surface area contributed by atoms with Gasteiger partial charge in [-0.2, -0.15) is 0 Å². The van der Waals surface area contributed by atoms with Crippen molar-refractivity contribution in [2.45, 2.75) is 19.8 Å². The van der Waals surface area contributed by atoms with Gasteiger partial charge in [0.05, 0.1) is 5.56 Å². The van der Waals surface area contributed by atoms with Gasteiger partial charge >= 0.3 is 5.97 Å². The summed E-state index contributed by atoms with van der Waals surface area (Å²) in [6, 6.07) is 14.5. The third-order valence-electron chi connectivity index (χ3n) is 3.26. The second-order valence-corrected chi connectivity index (χ2v) is 4.76. The van der Waals surface area contributed by atoms with Crippen molar-refractivity contribution in [2.24, 2.45) is 0 Å². The molecule has 0 aliphatic rings. The predicted molar refractivity (Wildman–Crippen MR) is 77.3 cm³/mol. The molecule has 1 N–H and O–H groups in total. The van der Waals surface area contributed by atoms with Gasteiger partial charge in [0.2, 0.25) is 0 Å². The smallest absolute Gasteiger partial charge is 0.335 e. The summed E-state index contributed by atoms with van der Waals surface area (Å²) in [6.07, 6.45) is 1.71. The highest BCUT2D eigenvalue weighted by Crippen LogP contribution is 2.11. The van der Waals surface area contributed by atoms with Gasteiger partial charge in [-0.25, -0.2) is 4.79 Å². The molecule has 2 rings (SSSR count). The summed E-state index contributed by atoms with van der Waals surface area (Å²) in [5.41, 5.74) is 3.29. The van der Waals surface area contributed by atoms with Crippen LogP contribution >= 0.6 is 0 Å². The van der Waals surface area contributed by atoms with E-state index in [0.717, 1.165) is 29.5 Å². The van der Waals surface area contributed by atoms with E-state index in [1.807, 2.05) is 36.4 Å². The average molecular weight is 268 g/mol. The first-order valence-electron chi connectivity index (χ1n) is 6.48. The highest BCUT2D eigenvalue weighted by molar-refractivity contribution is 5.94. The van der Waals surface area contributed by atoms with Gasteiger partial charge in [-0.3, -0.25) is 4.79 Å². The number of Topliss-reactive ketones (excluding diaryl/α,β-unsaturated/α-hetero) is 1. The molecule has 102 valence electrons. The molecule has 0 atom stereocenters. The maximum absolute atomic E-state index is 11.2. The van der Waals surface area contributed by atoms with E-state index >= 15 is 0 Å². The molecule has 0 aliphatic carbocycles. The normalized spacial score (nSPS) is 10.2. The minimum atomic E-state index is -0.906. The molecule has 0 bridgehead atoms. The highest BCUT2D eigenvalue weighted by Gasteiger charge is 2.03. The molecular formula is C17H16O3. The van der Waals surface area contributed by atoms with E-state index in [1.54, 1.807) is 19.1 Å². The Balaban J connectivity index is 1.97. The van der Waals surface area contributed by atoms with E-state index in [-0.39, 0.29) is 5.78 Å². The van der Waals surface area contributed by atoms with Crippen molar-refractivity contribution < 1.29 is 14.7 Å². The minimum Gasteiger partial charge on any atom is -0.478 e. The number of benzene rings is 2. The zero-order chi connectivity index (χ0) is 14.5. The van der Waals surface area contributed by atoms with Crippen LogP contribution in [0.25, 0.3) is 0 Å². The van der Waals surface area contributed by atoms with Crippen molar-refractivity contribution in [3.05, 3.63) is 70.8 Å². The SMILES string of the molecule is CC(=O)c1ccc(CCc2ccc(C(=O)O)cc2)cc1. The molecular weight excluding hydrogens is 252 g/mol. The lowest BCUT2D eigenvalue weighted by atomic mass is 10.0. The number of aryl methyl sites for hydroxylation is 2. The van der Waals surface area contributed by atoms with Crippen LogP contribution in [0.1, 0.15) is 38.8 Å². The first kappa shape index (κ1) is 14.0. The van der Waals surface area contributed by atoms with Gasteiger partial charge in [0.15, 0.2) is 5.78 Å². The zero-order valence-electron chi connectivity index (χ0n) is 11.3. The summed E-state index contributed by atoms with van der Waals surface area (Å²) >= 11 is 0. The molecule has 2 aromatic rings. The Hall–Kier alpha value is -2.42. The van der Waals surface area contributed by atoms with Crippen LogP contribution in [0.2, 0.25) is 0 Å². The third-order valence-corrected chi connectivity index (χ3v) is 3.26. The van der Waals surface area contributed by atoms with Gasteiger partial charge in [-0.1, -0.05) is 36.4 Å². The molecule has 3 heteroatoms. The summed E-state index contributed by atoms with van der Waals surface area (Å²) in [6.45, 7) is 1.55. The molecule has 3 nitrogen and oxygen atoms in total. The summed E-state index contributed by atoms with van der Waals surface area (Å²) in [4.78, 5) is 21.9. The Bertz CT molecular complexity index is 552. The summed E-state index contributed by atoms with van der Waals surface area (Å²) in [5, 5.41) is 8.83. The van der Waals surface area contributed by atoms with Crippen LogP contribution in [-0.4, -0.2) is 16.9 Å². The van der Waals surface area contributed by atoms with Gasteiger partial charge < -0.3 is 5.11 Å². The Morgan fingerprint density at radius 3 is 1.55 bits per heavy atom. The van der Waals surface area contributed by atoms with E-state index in [9.17, 15) is 9.59 Å². The molecule has 0 unspecified atom stereocenters. The van der Waals surface area contributed by atoms with Gasteiger partial charge in [-0.05, 0) is 43.0 Å². The van der Waals surface area contributed by atoms with E-state index < -0.39 is 5.97 Å². The van der Waals surface area contributed by atoms with Gasteiger partial charge in [0, 0.05) is 5.56 Å². The van der Waals surface area contributed by atoms with Crippen LogP contribution in [-0.2, 0) is 12.8 Å². The van der Waals surface area contributed by atoms with Crippen LogP contribution in [0, 0.1) is 0 Å². The standard InChI is InChI=1S/C17H16O3/c1-12(18)15-8-4-13(5-9-15)2-3-14-6-10-16(11-7-14)17(19)20/h4-11H,2-3H2,1H3,(H,19,20). The molecule has 0 amide bonds. The van der Waals surface area contributed by atoms with Gasteiger partial charge in [0.1, 0.15) is 0 Å². The minimum absolute atomic E-state index is 0.0702. The van der Waals surface area contributed by atoms with Crippen molar-refractivity contribution in [3.8, 4) is 0 Å². The van der Waals surface area contributed by atoms with Crippen LogP contribution in [0.3, 0.4) is 0 Å². The lowest BCUT2D eigenvalue weighted by molar-refractivity contribution is 0.0696. The second kappa shape index (κ2) is 6.15. The Morgan fingerprint density at radius 2 is 1.20 bits per heavy atom. The van der Waals surface area contributed by atoms with Crippen molar-refractivity contribution >= 4 is 11.8 Å². The maximum Gasteiger partial charge on any atom is 0.335 e. The summed E-state index contributed by atoms with van der Waals surface area (Å²) in [5.74, 6) is -0.836. The first-order chi connectivity index (χ1) is 9.56. The fourth-order valence-electron chi connectivity index (χ4n) is 2.01. The monoisotopic (exact) mass is 268 g/mol. The van der Waals surface area contributed by atoms with Gasteiger partial charge in [0.25, 0.3) is 0 Å². The molecule has 0 aliphatic heterocycles. The lowest BCUT2D eigenvalue weighted by Gasteiger charge is -2.04. The van der Waals surface area contributed by atoms with Crippen LogP contribution < -0.4 is 0 Å². The number of ketones is 1. The van der Waals surface area contributed by atoms with Crippen LogP contribution in [0.15, 0.2) is 48.5 Å². The molecule has 0 saturated carbocycles. The molecule has 20 heavy (non-hydrogen) atoms. The summed E-state index contributed by atoms with van der Waals surface area (Å²) < 4.78 is 0. The maximum atomic E-state index is 11.2.